The number of nitrogens with zero attached hydrogens (tertiary/aromatic N) is 3. The molecule has 1 aliphatic heterocycles. The van der Waals surface area contributed by atoms with Crippen LogP contribution in [0, 0.1) is 0 Å². The van der Waals surface area contributed by atoms with Crippen molar-refractivity contribution < 1.29 is 29.6 Å². The molecule has 9 heteroatoms. The van der Waals surface area contributed by atoms with Crippen molar-refractivity contribution in [2.45, 2.75) is 24.6 Å². The molecule has 0 amide bonds. The van der Waals surface area contributed by atoms with Crippen LogP contribution in [-0.2, 0) is 4.74 Å². The second-order valence-corrected chi connectivity index (χ2v) is 7.19. The lowest BCUT2D eigenvalue weighted by molar-refractivity contribution is -0.242. The maximum Gasteiger partial charge on any atom is 0.228 e. The minimum absolute atomic E-state index is 0.163. The van der Waals surface area contributed by atoms with E-state index in [0.29, 0.717) is 22.6 Å². The fourth-order valence-corrected chi connectivity index (χ4v) is 2.83. The summed E-state index contributed by atoms with van der Waals surface area (Å²) in [7, 11) is 3.53. The fourth-order valence-electron chi connectivity index (χ4n) is 2.83. The number of carbonyl (C=O) groups is 1. The highest BCUT2D eigenvalue weighted by Gasteiger charge is 2.39. The Labute approximate surface area is 179 Å². The van der Waals surface area contributed by atoms with Crippen molar-refractivity contribution in [1.29, 1.82) is 0 Å². The molecule has 0 unspecified atom stereocenters. The number of ether oxygens (including phenoxy) is 2. The molecular weight excluding hydrogens is 402 g/mol. The molecule has 1 heterocycles. The number of allylic oxidation sites excluding steroid dienone is 1. The Morgan fingerprint density at radius 3 is 2.52 bits per heavy atom. The van der Waals surface area contributed by atoms with Crippen LogP contribution >= 0.6 is 0 Å². The molecule has 31 heavy (non-hydrogen) atoms. The molecule has 1 fully saturated rings. The summed E-state index contributed by atoms with van der Waals surface area (Å²) in [5.41, 5.74) is 1.71. The molecule has 0 spiro atoms. The van der Waals surface area contributed by atoms with Gasteiger partial charge in [0.25, 0.3) is 0 Å². The predicted molar refractivity (Wildman–Crippen MR) is 113 cm³/mol. The average Bonchev–Trinajstić information content (AvgIpc) is 2.77. The average molecular weight is 427 g/mol. The molecule has 4 atom stereocenters. The van der Waals surface area contributed by atoms with Gasteiger partial charge < -0.3 is 24.8 Å². The van der Waals surface area contributed by atoms with Crippen molar-refractivity contribution in [3.8, 4) is 5.75 Å². The Hall–Kier alpha value is -3.11. The van der Waals surface area contributed by atoms with E-state index in [4.69, 9.17) is 9.47 Å². The zero-order valence-electron chi connectivity index (χ0n) is 17.2. The highest BCUT2D eigenvalue weighted by atomic mass is 16.7. The van der Waals surface area contributed by atoms with Crippen LogP contribution in [0.5, 0.6) is 5.75 Å². The van der Waals surface area contributed by atoms with Crippen LogP contribution < -0.4 is 4.74 Å². The molecule has 9 nitrogen and oxygen atoms in total. The molecule has 1 aliphatic rings. The van der Waals surface area contributed by atoms with Gasteiger partial charge in [0.2, 0.25) is 6.29 Å². The number of hydrogen-bond acceptors (Lipinski definition) is 8. The number of ketones is 1. The van der Waals surface area contributed by atoms with Gasteiger partial charge in [-0.2, -0.15) is 0 Å². The Balaban J connectivity index is 1.69. The first kappa shape index (κ1) is 22.6. The van der Waals surface area contributed by atoms with Gasteiger partial charge in [-0.25, -0.2) is 0 Å². The van der Waals surface area contributed by atoms with Crippen LogP contribution in [0.25, 0.3) is 6.08 Å². The molecule has 2 aromatic carbocycles. The third-order valence-corrected chi connectivity index (χ3v) is 4.52. The van der Waals surface area contributed by atoms with E-state index in [0.717, 1.165) is 0 Å². The molecule has 0 bridgehead atoms. The molecular formula is C22H25N3O6. The van der Waals surface area contributed by atoms with Crippen molar-refractivity contribution in [2.24, 2.45) is 10.3 Å². The lowest BCUT2D eigenvalue weighted by Gasteiger charge is -2.35. The largest absolute Gasteiger partial charge is 0.461 e. The quantitative estimate of drug-likeness (QED) is 0.267. The Morgan fingerprint density at radius 1 is 1.10 bits per heavy atom. The summed E-state index contributed by atoms with van der Waals surface area (Å²) >= 11 is 0. The lowest BCUT2D eigenvalue weighted by atomic mass is 10.1. The van der Waals surface area contributed by atoms with E-state index in [-0.39, 0.29) is 12.4 Å². The maximum absolute atomic E-state index is 12.5. The number of benzene rings is 2. The van der Waals surface area contributed by atoms with Crippen molar-refractivity contribution in [2.75, 3.05) is 20.7 Å². The summed E-state index contributed by atoms with van der Waals surface area (Å²) in [6.07, 6.45) is -2.10. The standard InChI is InChI=1S/C22H25N3O6/c1-25(2)24-23-16-10-7-14(8-11-16)17(26)12-9-15-5-3-4-6-19(15)31-22-21(29)20(28)18(27)13-30-22/h3-12,18,20-22,27-29H,13H2,1-2H3/b12-9+,24-23?/t18-,20+,21-,22+/m0/s1. The zero-order valence-corrected chi connectivity index (χ0v) is 17.2. The maximum atomic E-state index is 12.5. The first-order valence-corrected chi connectivity index (χ1v) is 9.68. The van der Waals surface area contributed by atoms with Gasteiger partial charge in [0.15, 0.2) is 5.78 Å². The highest BCUT2D eigenvalue weighted by molar-refractivity contribution is 6.07. The highest BCUT2D eigenvalue weighted by Crippen LogP contribution is 2.25. The van der Waals surface area contributed by atoms with Crippen LogP contribution in [0.15, 0.2) is 64.9 Å². The van der Waals surface area contributed by atoms with E-state index in [2.05, 4.69) is 10.3 Å². The van der Waals surface area contributed by atoms with Crippen molar-refractivity contribution in [3.63, 3.8) is 0 Å². The number of aliphatic hydroxyl groups excluding tert-OH is 3. The van der Waals surface area contributed by atoms with Crippen molar-refractivity contribution >= 4 is 17.5 Å². The van der Waals surface area contributed by atoms with Gasteiger partial charge in [-0.3, -0.25) is 9.80 Å². The van der Waals surface area contributed by atoms with E-state index >= 15 is 0 Å². The Bertz CT molecular complexity index is 945. The fraction of sp³-hybridized carbons (Fsp3) is 0.318. The van der Waals surface area contributed by atoms with Crippen LogP contribution in [-0.4, -0.2) is 71.4 Å². The molecule has 3 rings (SSSR count). The lowest BCUT2D eigenvalue weighted by Crippen LogP contribution is -2.54. The minimum Gasteiger partial charge on any atom is -0.461 e. The molecule has 0 saturated carbocycles. The second-order valence-electron chi connectivity index (χ2n) is 7.19. The first-order valence-electron chi connectivity index (χ1n) is 9.68. The normalized spacial score (nSPS) is 23.9. The summed E-state index contributed by atoms with van der Waals surface area (Å²) < 4.78 is 11.0. The molecule has 0 aromatic heterocycles. The van der Waals surface area contributed by atoms with Crippen LogP contribution in [0.1, 0.15) is 15.9 Å². The van der Waals surface area contributed by atoms with Gasteiger partial charge in [0, 0.05) is 25.2 Å². The summed E-state index contributed by atoms with van der Waals surface area (Å²) in [4.78, 5) is 12.5. The number of hydrogen-bond donors (Lipinski definition) is 3. The predicted octanol–water partition coefficient (Wildman–Crippen LogP) is 1.96. The van der Waals surface area contributed by atoms with Crippen LogP contribution in [0.2, 0.25) is 0 Å². The Morgan fingerprint density at radius 2 is 1.81 bits per heavy atom. The Kier molecular flexibility index (Phi) is 7.48. The van der Waals surface area contributed by atoms with Gasteiger partial charge in [0.05, 0.1) is 12.3 Å². The smallest absolute Gasteiger partial charge is 0.228 e. The van der Waals surface area contributed by atoms with E-state index < -0.39 is 24.6 Å². The summed E-state index contributed by atoms with van der Waals surface area (Å²) in [6, 6.07) is 13.6. The van der Waals surface area contributed by atoms with Crippen molar-refractivity contribution in [3.05, 3.63) is 65.7 Å². The van der Waals surface area contributed by atoms with Gasteiger partial charge in [-0.05, 0) is 42.5 Å². The van der Waals surface area contributed by atoms with E-state index in [1.54, 1.807) is 73.7 Å². The minimum atomic E-state index is -1.41. The van der Waals surface area contributed by atoms with Gasteiger partial charge in [-0.1, -0.05) is 23.4 Å². The van der Waals surface area contributed by atoms with E-state index in [9.17, 15) is 20.1 Å². The summed E-state index contributed by atoms with van der Waals surface area (Å²) in [6.45, 7) is -0.163. The summed E-state index contributed by atoms with van der Waals surface area (Å²) in [5, 5.41) is 38.9. The van der Waals surface area contributed by atoms with E-state index in [1.807, 2.05) is 0 Å². The van der Waals surface area contributed by atoms with Crippen molar-refractivity contribution in [1.82, 2.24) is 5.01 Å². The van der Waals surface area contributed by atoms with Gasteiger partial charge >= 0.3 is 0 Å². The third-order valence-electron chi connectivity index (χ3n) is 4.52. The van der Waals surface area contributed by atoms with E-state index in [1.165, 1.54) is 6.08 Å². The molecule has 3 N–H and O–H groups in total. The molecule has 0 aliphatic carbocycles. The van der Waals surface area contributed by atoms with Gasteiger partial charge in [0.1, 0.15) is 24.1 Å². The van der Waals surface area contributed by atoms with Crippen LogP contribution in [0.3, 0.4) is 0 Å². The third kappa shape index (κ3) is 5.96. The molecule has 164 valence electrons. The molecule has 0 radical (unpaired) electrons. The summed E-state index contributed by atoms with van der Waals surface area (Å²) in [5.74, 6) is 0.150. The zero-order chi connectivity index (χ0) is 22.4. The monoisotopic (exact) mass is 427 g/mol. The number of rotatable bonds is 7. The molecule has 1 saturated heterocycles. The van der Waals surface area contributed by atoms with Crippen LogP contribution in [0.4, 0.5) is 5.69 Å². The number of carbonyl (C=O) groups excluding carboxylic acids is 1. The topological polar surface area (TPSA) is 124 Å². The number of aliphatic hydroxyl groups is 3. The first-order chi connectivity index (χ1) is 14.8. The SMILES string of the molecule is CN(C)N=Nc1ccc(C(=O)/C=C/c2ccccc2O[C@H]2OC[C@H](O)[C@@H](O)[C@@H]2O)cc1. The van der Waals surface area contributed by atoms with Gasteiger partial charge in [-0.15, -0.1) is 5.11 Å². The second kappa shape index (κ2) is 10.3. The number of para-hydroxylation sites is 1. The molecule has 2 aromatic rings.